The van der Waals surface area contributed by atoms with Crippen molar-refractivity contribution in [3.63, 3.8) is 0 Å². The van der Waals surface area contributed by atoms with E-state index < -0.39 is 12.3 Å². The molecule has 1 aliphatic rings. The Morgan fingerprint density at radius 1 is 1.46 bits per heavy atom. The third-order valence-electron chi connectivity index (χ3n) is 3.23. The van der Waals surface area contributed by atoms with Crippen LogP contribution in [0.25, 0.3) is 11.1 Å². The van der Waals surface area contributed by atoms with E-state index in [-0.39, 0.29) is 40.5 Å². The molecule has 0 atom stereocenters. The first-order valence-corrected chi connectivity index (χ1v) is 6.75. The number of nitrogens with zero attached hydrogens (tertiary/aromatic N) is 1. The van der Waals surface area contributed by atoms with Crippen molar-refractivity contribution in [3.05, 3.63) is 48.3 Å². The fourth-order valence-corrected chi connectivity index (χ4v) is 2.33. The number of hydrogen-bond acceptors (Lipinski definition) is 5. The van der Waals surface area contributed by atoms with Gasteiger partial charge in [0.15, 0.2) is 11.5 Å². The summed E-state index contributed by atoms with van der Waals surface area (Å²) >= 11 is 0. The van der Waals surface area contributed by atoms with Gasteiger partial charge < -0.3 is 19.2 Å². The van der Waals surface area contributed by atoms with E-state index in [1.54, 1.807) is 0 Å². The summed E-state index contributed by atoms with van der Waals surface area (Å²) in [6, 6.07) is 6.09. The molecule has 2 heterocycles. The number of esters is 1. The van der Waals surface area contributed by atoms with Gasteiger partial charge in [0, 0.05) is 17.3 Å². The lowest BCUT2D eigenvalue weighted by molar-refractivity contribution is -0.286. The number of nitriles is 1. The summed E-state index contributed by atoms with van der Waals surface area (Å²) in [6.45, 7) is 3.39. The van der Waals surface area contributed by atoms with Crippen molar-refractivity contribution in [2.24, 2.45) is 0 Å². The van der Waals surface area contributed by atoms with Gasteiger partial charge in [-0.15, -0.1) is 8.78 Å². The van der Waals surface area contributed by atoms with Crippen molar-refractivity contribution in [1.29, 1.82) is 5.26 Å². The predicted octanol–water partition coefficient (Wildman–Crippen LogP) is 3.22. The lowest BCUT2D eigenvalue weighted by atomic mass is 10.0. The van der Waals surface area contributed by atoms with Gasteiger partial charge in [-0.1, -0.05) is 24.8 Å². The highest BCUT2D eigenvalue weighted by atomic mass is 19.3. The predicted molar refractivity (Wildman–Crippen MR) is 77.6 cm³/mol. The summed E-state index contributed by atoms with van der Waals surface area (Å²) in [6.07, 6.45) is -1.15. The molecule has 1 N–H and O–H groups in total. The van der Waals surface area contributed by atoms with Gasteiger partial charge in [0.25, 0.3) is 0 Å². The molecule has 0 unspecified atom stereocenters. The third kappa shape index (κ3) is 2.56. The first kappa shape index (κ1) is 15.6. The topological polar surface area (TPSA) is 84.3 Å². The molecule has 0 bridgehead atoms. The van der Waals surface area contributed by atoms with Crippen LogP contribution in [0.15, 0.2) is 37.1 Å². The van der Waals surface area contributed by atoms with Crippen molar-refractivity contribution in [1.82, 2.24) is 4.98 Å². The van der Waals surface area contributed by atoms with E-state index in [0.717, 1.165) is 0 Å². The Morgan fingerprint density at radius 2 is 2.25 bits per heavy atom. The Morgan fingerprint density at radius 3 is 2.96 bits per heavy atom. The van der Waals surface area contributed by atoms with Crippen LogP contribution < -0.4 is 9.47 Å². The van der Waals surface area contributed by atoms with Gasteiger partial charge in [-0.05, 0) is 6.07 Å². The molecule has 0 saturated heterocycles. The Bertz CT molecular complexity index is 867. The van der Waals surface area contributed by atoms with Crippen LogP contribution in [0, 0.1) is 11.3 Å². The summed E-state index contributed by atoms with van der Waals surface area (Å²) in [4.78, 5) is 14.8. The second-order valence-electron chi connectivity index (χ2n) is 4.75. The van der Waals surface area contributed by atoms with Gasteiger partial charge in [-0.3, -0.25) is 0 Å². The number of para-hydroxylation sites is 1. The third-order valence-corrected chi connectivity index (χ3v) is 3.23. The molecule has 0 spiro atoms. The Hall–Kier alpha value is -3.34. The molecule has 0 radical (unpaired) electrons. The molecule has 1 aromatic carbocycles. The van der Waals surface area contributed by atoms with Gasteiger partial charge in [0.1, 0.15) is 18.4 Å². The zero-order valence-corrected chi connectivity index (χ0v) is 12.1. The van der Waals surface area contributed by atoms with Gasteiger partial charge in [-0.2, -0.15) is 5.26 Å². The number of nitrogens with one attached hydrogen (secondary N) is 1. The number of fused-ring (bicyclic) bond motifs is 1. The molecule has 1 aliphatic heterocycles. The SMILES string of the molecule is C=CCOC(=O)c1[nH]cc(C#N)c1-c1cccc2c1OC(F)(F)O2. The average molecular weight is 332 g/mol. The minimum atomic E-state index is -3.81. The first-order chi connectivity index (χ1) is 11.5. The quantitative estimate of drug-likeness (QED) is 0.686. The van der Waals surface area contributed by atoms with Gasteiger partial charge in [0.05, 0.1) is 5.56 Å². The van der Waals surface area contributed by atoms with E-state index in [9.17, 15) is 18.8 Å². The number of ether oxygens (including phenoxy) is 3. The Balaban J connectivity index is 2.13. The van der Waals surface area contributed by atoms with Crippen LogP contribution in [0.5, 0.6) is 11.5 Å². The minimum absolute atomic E-state index is 0.0379. The van der Waals surface area contributed by atoms with Crippen molar-refractivity contribution < 1.29 is 27.8 Å². The molecular formula is C16H10F2N2O4. The van der Waals surface area contributed by atoms with Crippen LogP contribution in [0.3, 0.4) is 0 Å². The van der Waals surface area contributed by atoms with Crippen LogP contribution in [0.4, 0.5) is 8.78 Å². The van der Waals surface area contributed by atoms with E-state index >= 15 is 0 Å². The summed E-state index contributed by atoms with van der Waals surface area (Å²) in [5.74, 6) is -1.20. The largest absolute Gasteiger partial charge is 0.586 e. The van der Waals surface area contributed by atoms with Crippen molar-refractivity contribution >= 4 is 5.97 Å². The molecule has 0 aliphatic carbocycles. The van der Waals surface area contributed by atoms with E-state index in [2.05, 4.69) is 21.0 Å². The van der Waals surface area contributed by atoms with Crippen molar-refractivity contribution in [2.75, 3.05) is 6.61 Å². The lowest BCUT2D eigenvalue weighted by Gasteiger charge is -2.08. The maximum Gasteiger partial charge on any atom is 0.586 e. The molecule has 2 aromatic rings. The number of carbonyl (C=O) groups excluding carboxylic acids is 1. The Labute approximate surface area is 134 Å². The normalized spacial score (nSPS) is 14.0. The van der Waals surface area contributed by atoms with Crippen LogP contribution in [0.1, 0.15) is 16.1 Å². The number of benzene rings is 1. The van der Waals surface area contributed by atoms with Crippen molar-refractivity contribution in [3.8, 4) is 28.7 Å². The fourth-order valence-electron chi connectivity index (χ4n) is 2.33. The van der Waals surface area contributed by atoms with Gasteiger partial charge in [0.2, 0.25) is 0 Å². The Kier molecular flexibility index (Phi) is 3.69. The molecular weight excluding hydrogens is 322 g/mol. The molecule has 3 rings (SSSR count). The maximum atomic E-state index is 13.3. The number of rotatable bonds is 4. The molecule has 8 heteroatoms. The first-order valence-electron chi connectivity index (χ1n) is 6.75. The highest BCUT2D eigenvalue weighted by Crippen LogP contribution is 2.48. The summed E-state index contributed by atoms with van der Waals surface area (Å²) in [5, 5.41) is 9.24. The summed E-state index contributed by atoms with van der Waals surface area (Å²) in [7, 11) is 0. The number of alkyl halides is 2. The molecule has 0 saturated carbocycles. The van der Waals surface area contributed by atoms with Crippen LogP contribution >= 0.6 is 0 Å². The number of carbonyl (C=O) groups is 1. The molecule has 0 amide bonds. The fraction of sp³-hybridized carbons (Fsp3) is 0.125. The van der Waals surface area contributed by atoms with Crippen LogP contribution in [-0.4, -0.2) is 23.9 Å². The number of H-pyrrole nitrogens is 1. The van der Waals surface area contributed by atoms with Gasteiger partial charge in [-0.25, -0.2) is 4.79 Å². The smallest absolute Gasteiger partial charge is 0.457 e. The van der Waals surface area contributed by atoms with Crippen LogP contribution in [-0.2, 0) is 4.74 Å². The minimum Gasteiger partial charge on any atom is -0.457 e. The van der Waals surface area contributed by atoms with E-state index in [0.29, 0.717) is 0 Å². The standard InChI is InChI=1S/C16H10F2N2O4/c1-2-6-22-15(21)13-12(9(7-19)8-20-13)10-4-3-5-11-14(10)24-16(17,18)23-11/h2-5,8,20H,1,6H2. The van der Waals surface area contributed by atoms with E-state index in [1.165, 1.54) is 30.5 Å². The average Bonchev–Trinajstić information content (AvgIpc) is 3.10. The molecule has 1 aromatic heterocycles. The number of aromatic amines is 1. The van der Waals surface area contributed by atoms with E-state index in [4.69, 9.17) is 4.74 Å². The monoisotopic (exact) mass is 332 g/mol. The molecule has 0 fully saturated rings. The lowest BCUT2D eigenvalue weighted by Crippen LogP contribution is -2.26. The number of halogens is 2. The highest BCUT2D eigenvalue weighted by molar-refractivity contribution is 5.99. The van der Waals surface area contributed by atoms with Gasteiger partial charge >= 0.3 is 12.3 Å². The molecule has 122 valence electrons. The molecule has 6 nitrogen and oxygen atoms in total. The zero-order valence-electron chi connectivity index (χ0n) is 12.1. The highest BCUT2D eigenvalue weighted by Gasteiger charge is 2.45. The van der Waals surface area contributed by atoms with Crippen LogP contribution in [0.2, 0.25) is 0 Å². The number of aromatic nitrogens is 1. The summed E-state index contributed by atoms with van der Waals surface area (Å²) in [5.41, 5.74) is 0.242. The second-order valence-corrected chi connectivity index (χ2v) is 4.75. The maximum absolute atomic E-state index is 13.3. The van der Waals surface area contributed by atoms with E-state index in [1.807, 2.05) is 6.07 Å². The molecule has 24 heavy (non-hydrogen) atoms. The zero-order chi connectivity index (χ0) is 17.3. The number of hydrogen-bond donors (Lipinski definition) is 1. The summed E-state index contributed by atoms with van der Waals surface area (Å²) < 4.78 is 40.5. The van der Waals surface area contributed by atoms with Crippen molar-refractivity contribution in [2.45, 2.75) is 6.29 Å². The second kappa shape index (κ2) is 5.70.